The number of hydrogen-bond acceptors (Lipinski definition) is 3. The molecular weight excluding hydrogens is 216 g/mol. The van der Waals surface area contributed by atoms with E-state index in [1.54, 1.807) is 26.0 Å². The van der Waals surface area contributed by atoms with E-state index in [0.717, 1.165) is 0 Å². The Hall–Kier alpha value is -0.930. The lowest BCUT2D eigenvalue weighted by atomic mass is 9.97. The smallest absolute Gasteiger partial charge is 0.138 e. The first-order chi connectivity index (χ1) is 6.90. The molecule has 1 rings (SSSR count). The Balaban J connectivity index is 3.36. The van der Waals surface area contributed by atoms with E-state index >= 15 is 0 Å². The fourth-order valence-electron chi connectivity index (χ4n) is 1.34. The molecule has 0 aliphatic rings. The Bertz CT molecular complexity index is 356. The van der Waals surface area contributed by atoms with Gasteiger partial charge in [0.2, 0.25) is 0 Å². The molecule has 1 aromatic rings. The summed E-state index contributed by atoms with van der Waals surface area (Å²) in [5.74, 6) is 1.07. The third kappa shape index (κ3) is 2.55. The Morgan fingerprint density at radius 2 is 1.67 bits per heavy atom. The Morgan fingerprint density at radius 1 is 1.13 bits per heavy atom. The molecule has 0 bridgehead atoms. The number of methoxy groups -OCH3 is 2. The average molecular weight is 231 g/mol. The van der Waals surface area contributed by atoms with Gasteiger partial charge in [0, 0.05) is 11.6 Å². The molecule has 0 aliphatic heterocycles. The van der Waals surface area contributed by atoms with Crippen LogP contribution in [-0.4, -0.2) is 19.3 Å². The fourth-order valence-corrected chi connectivity index (χ4v) is 1.57. The fraction of sp³-hybridized carbons (Fsp3) is 0.455. The van der Waals surface area contributed by atoms with Gasteiger partial charge in [0.1, 0.15) is 11.5 Å². The first-order valence-corrected chi connectivity index (χ1v) is 4.92. The molecule has 0 spiro atoms. The number of aliphatic hydroxyl groups is 1. The van der Waals surface area contributed by atoms with Crippen LogP contribution < -0.4 is 9.47 Å². The van der Waals surface area contributed by atoms with E-state index in [0.29, 0.717) is 22.1 Å². The van der Waals surface area contributed by atoms with Crippen molar-refractivity contribution in [3.63, 3.8) is 0 Å². The summed E-state index contributed by atoms with van der Waals surface area (Å²) < 4.78 is 10.2. The van der Waals surface area contributed by atoms with Crippen LogP contribution in [0.2, 0.25) is 5.02 Å². The van der Waals surface area contributed by atoms with Gasteiger partial charge in [0.05, 0.1) is 24.8 Å². The second-order valence-corrected chi connectivity index (χ2v) is 4.15. The molecule has 0 unspecified atom stereocenters. The summed E-state index contributed by atoms with van der Waals surface area (Å²) in [6.07, 6.45) is 0. The molecule has 0 aromatic heterocycles. The minimum absolute atomic E-state index is 0.461. The Kier molecular flexibility index (Phi) is 3.47. The van der Waals surface area contributed by atoms with Crippen molar-refractivity contribution >= 4 is 11.6 Å². The molecule has 0 heterocycles. The van der Waals surface area contributed by atoms with Crippen molar-refractivity contribution in [2.24, 2.45) is 0 Å². The first-order valence-electron chi connectivity index (χ1n) is 4.54. The molecule has 3 nitrogen and oxygen atoms in total. The highest BCUT2D eigenvalue weighted by Gasteiger charge is 2.23. The SMILES string of the molecule is COc1cc(C(C)(C)O)c(OC)cc1Cl. The van der Waals surface area contributed by atoms with Crippen LogP contribution in [0.4, 0.5) is 0 Å². The van der Waals surface area contributed by atoms with Gasteiger partial charge in [-0.3, -0.25) is 0 Å². The quantitative estimate of drug-likeness (QED) is 0.868. The largest absolute Gasteiger partial charge is 0.496 e. The van der Waals surface area contributed by atoms with E-state index in [2.05, 4.69) is 0 Å². The third-order valence-corrected chi connectivity index (χ3v) is 2.43. The predicted molar refractivity (Wildman–Crippen MR) is 59.8 cm³/mol. The maximum absolute atomic E-state index is 9.93. The Labute approximate surface area is 94.6 Å². The van der Waals surface area contributed by atoms with Gasteiger partial charge >= 0.3 is 0 Å². The third-order valence-electron chi connectivity index (χ3n) is 2.13. The van der Waals surface area contributed by atoms with Crippen LogP contribution in [0.15, 0.2) is 12.1 Å². The monoisotopic (exact) mass is 230 g/mol. The Morgan fingerprint density at radius 3 is 2.07 bits per heavy atom. The van der Waals surface area contributed by atoms with Gasteiger partial charge in [-0.25, -0.2) is 0 Å². The van der Waals surface area contributed by atoms with Crippen molar-refractivity contribution in [3.05, 3.63) is 22.7 Å². The maximum Gasteiger partial charge on any atom is 0.138 e. The van der Waals surface area contributed by atoms with Crippen LogP contribution in [0.3, 0.4) is 0 Å². The number of hydrogen-bond donors (Lipinski definition) is 1. The van der Waals surface area contributed by atoms with Gasteiger partial charge in [-0.2, -0.15) is 0 Å². The lowest BCUT2D eigenvalue weighted by Crippen LogP contribution is -2.17. The van der Waals surface area contributed by atoms with Gasteiger partial charge in [0.15, 0.2) is 0 Å². The molecule has 1 aromatic carbocycles. The van der Waals surface area contributed by atoms with Crippen molar-refractivity contribution in [2.75, 3.05) is 14.2 Å². The second kappa shape index (κ2) is 4.29. The minimum Gasteiger partial charge on any atom is -0.496 e. The molecule has 0 radical (unpaired) electrons. The highest BCUT2D eigenvalue weighted by Crippen LogP contribution is 2.37. The van der Waals surface area contributed by atoms with Gasteiger partial charge in [-0.05, 0) is 19.9 Å². The number of ether oxygens (including phenoxy) is 2. The number of halogens is 1. The number of rotatable bonds is 3. The van der Waals surface area contributed by atoms with Crippen molar-refractivity contribution in [1.82, 2.24) is 0 Å². The molecule has 15 heavy (non-hydrogen) atoms. The lowest BCUT2D eigenvalue weighted by Gasteiger charge is -2.22. The molecule has 0 aliphatic carbocycles. The van der Waals surface area contributed by atoms with Crippen molar-refractivity contribution in [2.45, 2.75) is 19.4 Å². The molecule has 0 atom stereocenters. The normalized spacial score (nSPS) is 11.3. The van der Waals surface area contributed by atoms with Crippen LogP contribution in [0, 0.1) is 0 Å². The lowest BCUT2D eigenvalue weighted by molar-refractivity contribution is 0.0754. The van der Waals surface area contributed by atoms with E-state index in [1.807, 2.05) is 0 Å². The summed E-state index contributed by atoms with van der Waals surface area (Å²) in [6.45, 7) is 3.36. The molecule has 4 heteroatoms. The van der Waals surface area contributed by atoms with Crippen LogP contribution >= 0.6 is 11.6 Å². The van der Waals surface area contributed by atoms with E-state index in [9.17, 15) is 5.11 Å². The first kappa shape index (κ1) is 12.1. The van der Waals surface area contributed by atoms with Crippen LogP contribution in [0.1, 0.15) is 19.4 Å². The van der Waals surface area contributed by atoms with E-state index in [4.69, 9.17) is 21.1 Å². The summed E-state index contributed by atoms with van der Waals surface area (Å²) in [5.41, 5.74) is -0.352. The van der Waals surface area contributed by atoms with E-state index in [-0.39, 0.29) is 0 Å². The minimum atomic E-state index is -0.997. The van der Waals surface area contributed by atoms with Crippen LogP contribution in [0.25, 0.3) is 0 Å². The highest BCUT2D eigenvalue weighted by molar-refractivity contribution is 6.32. The summed E-state index contributed by atoms with van der Waals surface area (Å²) >= 11 is 5.94. The standard InChI is InChI=1S/C11H15ClO3/c1-11(2,13)7-5-10(15-4)8(12)6-9(7)14-3/h5-6,13H,1-4H3. The molecule has 1 N–H and O–H groups in total. The summed E-state index contributed by atoms with van der Waals surface area (Å²) in [5, 5.41) is 10.4. The molecular formula is C11H15ClO3. The number of benzene rings is 1. The average Bonchev–Trinajstić information content (AvgIpc) is 2.15. The van der Waals surface area contributed by atoms with E-state index in [1.165, 1.54) is 14.2 Å². The van der Waals surface area contributed by atoms with E-state index < -0.39 is 5.60 Å². The summed E-state index contributed by atoms with van der Waals surface area (Å²) in [6, 6.07) is 3.31. The van der Waals surface area contributed by atoms with Crippen molar-refractivity contribution in [1.29, 1.82) is 0 Å². The summed E-state index contributed by atoms with van der Waals surface area (Å²) in [4.78, 5) is 0. The summed E-state index contributed by atoms with van der Waals surface area (Å²) in [7, 11) is 3.06. The maximum atomic E-state index is 9.93. The zero-order valence-corrected chi connectivity index (χ0v) is 10.1. The topological polar surface area (TPSA) is 38.7 Å². The van der Waals surface area contributed by atoms with Gasteiger partial charge in [0.25, 0.3) is 0 Å². The van der Waals surface area contributed by atoms with Gasteiger partial charge in [-0.15, -0.1) is 0 Å². The van der Waals surface area contributed by atoms with Crippen LogP contribution in [0.5, 0.6) is 11.5 Å². The van der Waals surface area contributed by atoms with Gasteiger partial charge in [-0.1, -0.05) is 11.6 Å². The highest BCUT2D eigenvalue weighted by atomic mass is 35.5. The van der Waals surface area contributed by atoms with Crippen LogP contribution in [-0.2, 0) is 5.60 Å². The molecule has 0 saturated carbocycles. The van der Waals surface area contributed by atoms with Gasteiger partial charge < -0.3 is 14.6 Å². The predicted octanol–water partition coefficient (Wildman–Crippen LogP) is 2.58. The molecule has 0 saturated heterocycles. The molecule has 0 amide bonds. The van der Waals surface area contributed by atoms with Crippen molar-refractivity contribution in [3.8, 4) is 11.5 Å². The zero-order valence-electron chi connectivity index (χ0n) is 9.30. The second-order valence-electron chi connectivity index (χ2n) is 3.75. The molecule has 0 fully saturated rings. The molecule has 84 valence electrons. The van der Waals surface area contributed by atoms with Crippen molar-refractivity contribution < 1.29 is 14.6 Å². The zero-order chi connectivity index (χ0) is 11.6.